The Bertz CT molecular complexity index is 679. The van der Waals surface area contributed by atoms with Crippen molar-refractivity contribution in [2.24, 2.45) is 0 Å². The molecule has 2 aromatic rings. The van der Waals surface area contributed by atoms with Gasteiger partial charge in [-0.1, -0.05) is 30.3 Å². The van der Waals surface area contributed by atoms with E-state index in [1.165, 1.54) is 11.3 Å². The van der Waals surface area contributed by atoms with Crippen LogP contribution in [0.25, 0.3) is 0 Å². The molecule has 1 aliphatic heterocycles. The molecular formula is C18H19NO2. The Balaban J connectivity index is 1.88. The average molecular weight is 281 g/mol. The second-order valence-corrected chi connectivity index (χ2v) is 5.61. The number of aromatic carboxylic acids is 1. The van der Waals surface area contributed by atoms with Gasteiger partial charge >= 0.3 is 5.97 Å². The van der Waals surface area contributed by atoms with E-state index in [0.717, 1.165) is 37.1 Å². The summed E-state index contributed by atoms with van der Waals surface area (Å²) in [6.07, 6.45) is 2.27. The summed E-state index contributed by atoms with van der Waals surface area (Å²) in [6.45, 7) is 3.62. The van der Waals surface area contributed by atoms with Crippen LogP contribution in [-0.2, 0) is 13.0 Å². The van der Waals surface area contributed by atoms with Crippen molar-refractivity contribution in [3.8, 4) is 0 Å². The first-order valence-electron chi connectivity index (χ1n) is 7.31. The zero-order valence-electron chi connectivity index (χ0n) is 12.2. The molecule has 1 N–H and O–H groups in total. The van der Waals surface area contributed by atoms with Gasteiger partial charge in [-0.3, -0.25) is 0 Å². The number of carbonyl (C=O) groups is 1. The molecule has 3 heteroatoms. The summed E-state index contributed by atoms with van der Waals surface area (Å²) in [4.78, 5) is 13.6. The van der Waals surface area contributed by atoms with Gasteiger partial charge < -0.3 is 10.0 Å². The van der Waals surface area contributed by atoms with Crippen LogP contribution in [0.1, 0.15) is 33.5 Å². The van der Waals surface area contributed by atoms with Crippen LogP contribution in [-0.4, -0.2) is 17.6 Å². The van der Waals surface area contributed by atoms with Gasteiger partial charge in [-0.15, -0.1) is 0 Å². The van der Waals surface area contributed by atoms with Crippen molar-refractivity contribution in [3.63, 3.8) is 0 Å². The molecule has 0 aliphatic carbocycles. The number of hydrogen-bond donors (Lipinski definition) is 1. The van der Waals surface area contributed by atoms with Crippen molar-refractivity contribution in [1.29, 1.82) is 0 Å². The van der Waals surface area contributed by atoms with Gasteiger partial charge in [0.1, 0.15) is 0 Å². The van der Waals surface area contributed by atoms with E-state index < -0.39 is 5.97 Å². The lowest BCUT2D eigenvalue weighted by molar-refractivity contribution is 0.0696. The number of benzene rings is 2. The van der Waals surface area contributed by atoms with Crippen molar-refractivity contribution >= 4 is 11.7 Å². The number of carboxylic acids is 1. The molecule has 0 unspecified atom stereocenters. The Labute approximate surface area is 124 Å². The number of anilines is 1. The third-order valence-corrected chi connectivity index (χ3v) is 4.11. The summed E-state index contributed by atoms with van der Waals surface area (Å²) < 4.78 is 0. The third kappa shape index (κ3) is 2.77. The maximum absolute atomic E-state index is 11.3. The minimum Gasteiger partial charge on any atom is -0.478 e. The van der Waals surface area contributed by atoms with Gasteiger partial charge in [0, 0.05) is 18.8 Å². The number of rotatable bonds is 3. The molecule has 0 bridgehead atoms. The van der Waals surface area contributed by atoms with Crippen molar-refractivity contribution in [1.82, 2.24) is 0 Å². The standard InChI is InChI=1S/C18H19NO2/c1-13-8-9-14(11-16(13)18(20)21)12-19-10-4-6-15-5-2-3-7-17(15)19/h2-3,5,7-9,11H,4,6,10,12H2,1H3,(H,20,21). The average Bonchev–Trinajstić information content (AvgIpc) is 2.49. The van der Waals surface area contributed by atoms with Gasteiger partial charge in [-0.2, -0.15) is 0 Å². The SMILES string of the molecule is Cc1ccc(CN2CCCc3ccccc32)cc1C(=O)O. The number of fused-ring (bicyclic) bond motifs is 1. The smallest absolute Gasteiger partial charge is 0.335 e. The zero-order chi connectivity index (χ0) is 14.8. The predicted molar refractivity (Wildman–Crippen MR) is 84.0 cm³/mol. The largest absolute Gasteiger partial charge is 0.478 e. The fraction of sp³-hybridized carbons (Fsp3) is 0.278. The lowest BCUT2D eigenvalue weighted by atomic mass is 10.00. The van der Waals surface area contributed by atoms with Crippen LogP contribution in [0.4, 0.5) is 5.69 Å². The molecule has 1 aliphatic rings. The van der Waals surface area contributed by atoms with Crippen LogP contribution >= 0.6 is 0 Å². The van der Waals surface area contributed by atoms with Gasteiger partial charge in [-0.25, -0.2) is 4.79 Å². The summed E-state index contributed by atoms with van der Waals surface area (Å²) in [5.41, 5.74) is 4.92. The summed E-state index contributed by atoms with van der Waals surface area (Å²) in [6, 6.07) is 14.2. The van der Waals surface area contributed by atoms with Crippen LogP contribution in [0.2, 0.25) is 0 Å². The van der Waals surface area contributed by atoms with E-state index >= 15 is 0 Å². The predicted octanol–water partition coefficient (Wildman–Crippen LogP) is 3.65. The van der Waals surface area contributed by atoms with Crippen molar-refractivity contribution in [2.45, 2.75) is 26.3 Å². The van der Waals surface area contributed by atoms with Gasteiger partial charge in [0.25, 0.3) is 0 Å². The van der Waals surface area contributed by atoms with Gasteiger partial charge in [0.2, 0.25) is 0 Å². The highest BCUT2D eigenvalue weighted by atomic mass is 16.4. The van der Waals surface area contributed by atoms with E-state index in [0.29, 0.717) is 5.56 Å². The van der Waals surface area contributed by atoms with Crippen LogP contribution in [0.5, 0.6) is 0 Å². The Morgan fingerprint density at radius 1 is 1.24 bits per heavy atom. The molecule has 0 atom stereocenters. The molecule has 2 aromatic carbocycles. The third-order valence-electron chi connectivity index (χ3n) is 4.11. The second-order valence-electron chi connectivity index (χ2n) is 5.61. The number of nitrogens with zero attached hydrogens (tertiary/aromatic N) is 1. The Hall–Kier alpha value is -2.29. The molecule has 0 saturated carbocycles. The van der Waals surface area contributed by atoms with E-state index in [2.05, 4.69) is 29.2 Å². The maximum atomic E-state index is 11.3. The normalized spacial score (nSPS) is 13.9. The van der Waals surface area contributed by atoms with Gasteiger partial charge in [-0.05, 0) is 48.6 Å². The zero-order valence-corrected chi connectivity index (χ0v) is 12.2. The lowest BCUT2D eigenvalue weighted by Crippen LogP contribution is -2.28. The Morgan fingerprint density at radius 3 is 2.86 bits per heavy atom. The fourth-order valence-electron chi connectivity index (χ4n) is 2.99. The Kier molecular flexibility index (Phi) is 3.65. The molecule has 1 heterocycles. The molecule has 0 spiro atoms. The van der Waals surface area contributed by atoms with Crippen LogP contribution in [0, 0.1) is 6.92 Å². The van der Waals surface area contributed by atoms with Crippen LogP contribution in [0.3, 0.4) is 0 Å². The summed E-state index contributed by atoms with van der Waals surface area (Å²) in [5, 5.41) is 9.24. The molecule has 3 nitrogen and oxygen atoms in total. The first-order chi connectivity index (χ1) is 10.1. The van der Waals surface area contributed by atoms with Gasteiger partial charge in [0.15, 0.2) is 0 Å². The number of aryl methyl sites for hydroxylation is 2. The molecule has 0 saturated heterocycles. The highest BCUT2D eigenvalue weighted by Gasteiger charge is 2.17. The molecule has 0 fully saturated rings. The first-order valence-corrected chi connectivity index (χ1v) is 7.31. The minimum absolute atomic E-state index is 0.401. The van der Waals surface area contributed by atoms with E-state index in [1.54, 1.807) is 6.07 Å². The highest BCUT2D eigenvalue weighted by molar-refractivity contribution is 5.89. The van der Waals surface area contributed by atoms with Crippen molar-refractivity contribution < 1.29 is 9.90 Å². The number of hydrogen-bond acceptors (Lipinski definition) is 2. The number of para-hydroxylation sites is 1. The second kappa shape index (κ2) is 5.60. The van der Waals surface area contributed by atoms with E-state index in [4.69, 9.17) is 0 Å². The molecular weight excluding hydrogens is 262 g/mol. The summed E-state index contributed by atoms with van der Waals surface area (Å²) in [5.74, 6) is -0.853. The Morgan fingerprint density at radius 2 is 2.05 bits per heavy atom. The molecule has 108 valence electrons. The van der Waals surface area contributed by atoms with Crippen LogP contribution < -0.4 is 4.90 Å². The fourth-order valence-corrected chi connectivity index (χ4v) is 2.99. The van der Waals surface area contributed by atoms with Gasteiger partial charge in [0.05, 0.1) is 5.56 Å². The van der Waals surface area contributed by atoms with E-state index in [9.17, 15) is 9.90 Å². The molecule has 0 amide bonds. The topological polar surface area (TPSA) is 40.5 Å². The van der Waals surface area contributed by atoms with Crippen molar-refractivity contribution in [3.05, 3.63) is 64.7 Å². The van der Waals surface area contributed by atoms with E-state index in [-0.39, 0.29) is 0 Å². The highest BCUT2D eigenvalue weighted by Crippen LogP contribution is 2.28. The molecule has 3 rings (SSSR count). The molecule has 0 aromatic heterocycles. The summed E-state index contributed by atoms with van der Waals surface area (Å²) >= 11 is 0. The lowest BCUT2D eigenvalue weighted by Gasteiger charge is -2.31. The van der Waals surface area contributed by atoms with Crippen LogP contribution in [0.15, 0.2) is 42.5 Å². The molecule has 0 radical (unpaired) electrons. The minimum atomic E-state index is -0.853. The quantitative estimate of drug-likeness (QED) is 0.933. The number of carboxylic acid groups (broad SMARTS) is 1. The first kappa shape index (κ1) is 13.7. The summed E-state index contributed by atoms with van der Waals surface area (Å²) in [7, 11) is 0. The van der Waals surface area contributed by atoms with E-state index in [1.807, 2.05) is 19.1 Å². The maximum Gasteiger partial charge on any atom is 0.335 e. The molecule has 21 heavy (non-hydrogen) atoms. The van der Waals surface area contributed by atoms with Crippen molar-refractivity contribution in [2.75, 3.05) is 11.4 Å². The monoisotopic (exact) mass is 281 g/mol.